The van der Waals surface area contributed by atoms with E-state index in [-0.39, 0.29) is 34.7 Å². The molecule has 3 aromatic rings. The Bertz CT molecular complexity index is 1110. The number of carbonyl (C=O) groups excluding carboxylic acids is 1. The number of halogens is 1. The maximum Gasteiger partial charge on any atom is 0.257 e. The minimum absolute atomic E-state index is 0.0214. The first kappa shape index (κ1) is 22.8. The summed E-state index contributed by atoms with van der Waals surface area (Å²) >= 11 is 6.17. The van der Waals surface area contributed by atoms with Crippen molar-refractivity contribution in [3.63, 3.8) is 0 Å². The van der Waals surface area contributed by atoms with Gasteiger partial charge in [-0.1, -0.05) is 72.3 Å². The van der Waals surface area contributed by atoms with E-state index in [1.165, 1.54) is 18.2 Å². The van der Waals surface area contributed by atoms with Gasteiger partial charge in [-0.05, 0) is 35.7 Å². The van der Waals surface area contributed by atoms with Crippen LogP contribution in [0.15, 0.2) is 83.8 Å². The molecule has 8 heteroatoms. The number of amides is 1. The van der Waals surface area contributed by atoms with E-state index in [9.17, 15) is 13.2 Å². The molecule has 6 nitrogen and oxygen atoms in total. The monoisotopic (exact) mass is 458 g/mol. The Labute approximate surface area is 187 Å². The van der Waals surface area contributed by atoms with Gasteiger partial charge in [0, 0.05) is 13.1 Å². The van der Waals surface area contributed by atoms with E-state index in [0.29, 0.717) is 6.54 Å². The summed E-state index contributed by atoms with van der Waals surface area (Å²) in [6.45, 7) is 0.444. The van der Waals surface area contributed by atoms with Gasteiger partial charge in [0.05, 0.1) is 9.92 Å². The van der Waals surface area contributed by atoms with Crippen LogP contribution in [0.5, 0.6) is 5.75 Å². The summed E-state index contributed by atoms with van der Waals surface area (Å²) in [6, 6.07) is 23.2. The lowest BCUT2D eigenvalue weighted by Crippen LogP contribution is -2.30. The van der Waals surface area contributed by atoms with Crippen molar-refractivity contribution >= 4 is 27.5 Å². The molecule has 1 amide bonds. The Morgan fingerprint density at radius 1 is 0.903 bits per heavy atom. The number of hydrogen-bond donors (Lipinski definition) is 2. The summed E-state index contributed by atoms with van der Waals surface area (Å²) in [5, 5.41) is 2.89. The zero-order valence-electron chi connectivity index (χ0n) is 16.8. The van der Waals surface area contributed by atoms with E-state index in [0.717, 1.165) is 17.5 Å². The number of carbonyl (C=O) groups is 1. The fraction of sp³-hybridized carbons (Fsp3) is 0.174. The van der Waals surface area contributed by atoms with E-state index < -0.39 is 10.0 Å². The Morgan fingerprint density at radius 3 is 2.19 bits per heavy atom. The minimum atomic E-state index is -3.74. The summed E-state index contributed by atoms with van der Waals surface area (Å²) in [5.41, 5.74) is 1.97. The summed E-state index contributed by atoms with van der Waals surface area (Å²) in [4.78, 5) is 12.0. The standard InChI is InChI=1S/C23H23ClN2O4S/c24-21-15-20(31(28,29)26-16-19-9-5-2-6-10-19)11-12-22(21)30-17-23(27)25-14-13-18-7-3-1-4-8-18/h1-12,15,26H,13-14,16-17H2,(H,25,27). The first-order valence-corrected chi connectivity index (χ1v) is 11.6. The predicted octanol–water partition coefficient (Wildman–Crippen LogP) is 3.56. The molecule has 0 radical (unpaired) electrons. The van der Waals surface area contributed by atoms with Crippen molar-refractivity contribution in [1.29, 1.82) is 0 Å². The van der Waals surface area contributed by atoms with Crippen molar-refractivity contribution in [2.75, 3.05) is 13.2 Å². The van der Waals surface area contributed by atoms with E-state index in [2.05, 4.69) is 10.0 Å². The lowest BCUT2D eigenvalue weighted by Gasteiger charge is -2.11. The zero-order valence-corrected chi connectivity index (χ0v) is 18.3. The quantitative estimate of drug-likeness (QED) is 0.486. The molecule has 0 aliphatic carbocycles. The van der Waals surface area contributed by atoms with Crippen LogP contribution in [0.3, 0.4) is 0 Å². The number of benzene rings is 3. The van der Waals surface area contributed by atoms with Crippen molar-refractivity contribution in [3.8, 4) is 5.75 Å². The summed E-state index contributed by atoms with van der Waals surface area (Å²) in [6.07, 6.45) is 0.718. The van der Waals surface area contributed by atoms with E-state index in [1.54, 1.807) is 0 Å². The Morgan fingerprint density at radius 2 is 1.55 bits per heavy atom. The van der Waals surface area contributed by atoms with Gasteiger partial charge in [-0.15, -0.1) is 0 Å². The molecule has 0 saturated heterocycles. The molecule has 3 aromatic carbocycles. The number of rotatable bonds is 10. The number of ether oxygens (including phenoxy) is 1. The summed E-state index contributed by atoms with van der Waals surface area (Å²) < 4.78 is 33.0. The number of sulfonamides is 1. The van der Waals surface area contributed by atoms with Crippen LogP contribution in [-0.4, -0.2) is 27.5 Å². The van der Waals surface area contributed by atoms with Crippen molar-refractivity contribution in [2.24, 2.45) is 0 Å². The molecule has 0 heterocycles. The smallest absolute Gasteiger partial charge is 0.257 e. The third-order valence-corrected chi connectivity index (χ3v) is 6.15. The molecule has 0 aromatic heterocycles. The number of hydrogen-bond acceptors (Lipinski definition) is 4. The highest BCUT2D eigenvalue weighted by Crippen LogP contribution is 2.27. The molecule has 2 N–H and O–H groups in total. The van der Waals surface area contributed by atoms with Gasteiger partial charge in [-0.3, -0.25) is 4.79 Å². The molecule has 0 aliphatic rings. The SMILES string of the molecule is O=C(COc1ccc(S(=O)(=O)NCc2ccccc2)cc1Cl)NCCc1ccccc1. The normalized spacial score (nSPS) is 11.1. The van der Waals surface area contributed by atoms with Gasteiger partial charge in [0.1, 0.15) is 5.75 Å². The first-order valence-electron chi connectivity index (χ1n) is 9.70. The largest absolute Gasteiger partial charge is 0.482 e. The van der Waals surface area contributed by atoms with Crippen LogP contribution in [0.25, 0.3) is 0 Å². The average molecular weight is 459 g/mol. The van der Waals surface area contributed by atoms with Crippen molar-refractivity contribution in [2.45, 2.75) is 17.9 Å². The molecule has 0 unspecified atom stereocenters. The fourth-order valence-electron chi connectivity index (χ4n) is 2.81. The lowest BCUT2D eigenvalue weighted by molar-refractivity contribution is -0.123. The van der Waals surface area contributed by atoms with Crippen LogP contribution in [0, 0.1) is 0 Å². The van der Waals surface area contributed by atoms with E-state index >= 15 is 0 Å². The van der Waals surface area contributed by atoms with Crippen molar-refractivity contribution in [1.82, 2.24) is 10.0 Å². The lowest BCUT2D eigenvalue weighted by atomic mass is 10.1. The van der Waals surface area contributed by atoms with Crippen molar-refractivity contribution in [3.05, 3.63) is 95.0 Å². The third kappa shape index (κ3) is 7.10. The second kappa shape index (κ2) is 10.9. The molecular weight excluding hydrogens is 436 g/mol. The molecule has 0 saturated carbocycles. The van der Waals surface area contributed by atoms with E-state index in [4.69, 9.17) is 16.3 Å². The van der Waals surface area contributed by atoms with Crippen molar-refractivity contribution < 1.29 is 17.9 Å². The molecule has 0 spiro atoms. The Hall–Kier alpha value is -2.87. The molecule has 3 rings (SSSR count). The van der Waals surface area contributed by atoms with Gasteiger partial charge >= 0.3 is 0 Å². The van der Waals surface area contributed by atoms with Crippen LogP contribution in [-0.2, 0) is 27.8 Å². The minimum Gasteiger partial charge on any atom is -0.482 e. The molecule has 0 fully saturated rings. The van der Waals surface area contributed by atoms with Crippen LogP contribution in [0.4, 0.5) is 0 Å². The Kier molecular flexibility index (Phi) is 8.06. The molecular formula is C23H23ClN2O4S. The highest BCUT2D eigenvalue weighted by Gasteiger charge is 2.16. The second-order valence-corrected chi connectivity index (χ2v) is 8.95. The third-order valence-electron chi connectivity index (χ3n) is 4.46. The van der Waals surface area contributed by atoms with Crippen LogP contribution in [0.2, 0.25) is 5.02 Å². The molecule has 31 heavy (non-hydrogen) atoms. The van der Waals surface area contributed by atoms with Crippen LogP contribution in [0.1, 0.15) is 11.1 Å². The summed E-state index contributed by atoms with van der Waals surface area (Å²) in [5.74, 6) is -0.0462. The second-order valence-electron chi connectivity index (χ2n) is 6.78. The van der Waals surface area contributed by atoms with Gasteiger partial charge in [0.2, 0.25) is 10.0 Å². The van der Waals surface area contributed by atoms with Crippen LogP contribution >= 0.6 is 11.6 Å². The van der Waals surface area contributed by atoms with Gasteiger partial charge < -0.3 is 10.1 Å². The number of nitrogens with one attached hydrogen (secondary N) is 2. The Balaban J connectivity index is 1.49. The topological polar surface area (TPSA) is 84.5 Å². The van der Waals surface area contributed by atoms with Gasteiger partial charge in [-0.2, -0.15) is 0 Å². The molecule has 0 atom stereocenters. The molecule has 162 valence electrons. The predicted molar refractivity (Wildman–Crippen MR) is 121 cm³/mol. The van der Waals surface area contributed by atoms with E-state index in [1.807, 2.05) is 60.7 Å². The molecule has 0 bridgehead atoms. The van der Waals surface area contributed by atoms with Gasteiger partial charge in [-0.25, -0.2) is 13.1 Å². The highest BCUT2D eigenvalue weighted by atomic mass is 35.5. The van der Waals surface area contributed by atoms with Gasteiger partial charge in [0.15, 0.2) is 6.61 Å². The first-order chi connectivity index (χ1) is 14.9. The highest BCUT2D eigenvalue weighted by molar-refractivity contribution is 7.89. The maximum atomic E-state index is 12.5. The average Bonchev–Trinajstić information content (AvgIpc) is 2.78. The zero-order chi connectivity index (χ0) is 22.1. The van der Waals surface area contributed by atoms with Crippen LogP contribution < -0.4 is 14.8 Å². The van der Waals surface area contributed by atoms with Gasteiger partial charge in [0.25, 0.3) is 5.91 Å². The maximum absolute atomic E-state index is 12.5. The fourth-order valence-corrected chi connectivity index (χ4v) is 4.15. The summed E-state index contributed by atoms with van der Waals surface area (Å²) in [7, 11) is -3.74. The molecule has 0 aliphatic heterocycles.